The largest absolute Gasteiger partial charge is 0.347 e. The van der Waals surface area contributed by atoms with Crippen LogP contribution in [0, 0.1) is 6.92 Å². The highest BCUT2D eigenvalue weighted by Crippen LogP contribution is 2.27. The van der Waals surface area contributed by atoms with Crippen molar-refractivity contribution < 1.29 is 13.2 Å². The van der Waals surface area contributed by atoms with Gasteiger partial charge < -0.3 is 5.32 Å². The smallest absolute Gasteiger partial charge is 0.261 e. The minimum Gasteiger partial charge on any atom is -0.347 e. The number of nitrogens with one attached hydrogen (secondary N) is 1. The van der Waals surface area contributed by atoms with Crippen molar-refractivity contribution in [1.29, 1.82) is 0 Å². The molecular formula is C14H20N4O3S2. The summed E-state index contributed by atoms with van der Waals surface area (Å²) < 4.78 is 26.5. The van der Waals surface area contributed by atoms with E-state index in [4.69, 9.17) is 0 Å². The Morgan fingerprint density at radius 3 is 2.87 bits per heavy atom. The lowest BCUT2D eigenvalue weighted by Crippen LogP contribution is -2.49. The number of aromatic nitrogens is 2. The SMILES string of the molecule is Cc1nn(C)c2sc(C(=O)NC3CCCN(S(C)(=O)=O)C3)cc12. The Morgan fingerprint density at radius 1 is 1.48 bits per heavy atom. The minimum absolute atomic E-state index is 0.143. The number of nitrogens with zero attached hydrogens (tertiary/aromatic N) is 3. The van der Waals surface area contributed by atoms with Gasteiger partial charge in [0.1, 0.15) is 4.83 Å². The van der Waals surface area contributed by atoms with Gasteiger partial charge in [0, 0.05) is 31.6 Å². The van der Waals surface area contributed by atoms with Crippen LogP contribution in [0.5, 0.6) is 0 Å². The first kappa shape index (κ1) is 16.4. The number of piperidine rings is 1. The molecule has 1 unspecified atom stereocenters. The zero-order valence-corrected chi connectivity index (χ0v) is 15.0. The van der Waals surface area contributed by atoms with E-state index in [1.807, 2.05) is 20.0 Å². The summed E-state index contributed by atoms with van der Waals surface area (Å²) >= 11 is 1.40. The van der Waals surface area contributed by atoms with Crippen LogP contribution in [-0.2, 0) is 17.1 Å². The Kier molecular flexibility index (Phi) is 4.19. The molecule has 1 N–H and O–H groups in total. The van der Waals surface area contributed by atoms with Crippen LogP contribution in [0.1, 0.15) is 28.2 Å². The van der Waals surface area contributed by atoms with Gasteiger partial charge in [0.15, 0.2) is 0 Å². The number of rotatable bonds is 3. The van der Waals surface area contributed by atoms with Crippen molar-refractivity contribution in [2.75, 3.05) is 19.3 Å². The molecule has 0 spiro atoms. The third-order valence-corrected chi connectivity index (χ3v) is 6.58. The molecule has 0 aliphatic carbocycles. The molecule has 0 saturated carbocycles. The van der Waals surface area contributed by atoms with Crippen molar-refractivity contribution in [3.05, 3.63) is 16.6 Å². The van der Waals surface area contributed by atoms with E-state index in [0.29, 0.717) is 18.0 Å². The van der Waals surface area contributed by atoms with E-state index in [-0.39, 0.29) is 11.9 Å². The predicted octanol–water partition coefficient (Wildman–Crippen LogP) is 1.10. The van der Waals surface area contributed by atoms with E-state index in [9.17, 15) is 13.2 Å². The second-order valence-corrected chi connectivity index (χ2v) is 8.99. The van der Waals surface area contributed by atoms with Crippen molar-refractivity contribution >= 4 is 37.5 Å². The molecule has 1 amide bonds. The Bertz CT molecular complexity index is 818. The summed E-state index contributed by atoms with van der Waals surface area (Å²) in [6, 6.07) is 1.71. The summed E-state index contributed by atoms with van der Waals surface area (Å²) in [5.74, 6) is -0.147. The standard InChI is InChI=1S/C14H20N4O3S2/c1-9-11-7-12(22-14(11)17(2)16-9)13(19)15-10-5-4-6-18(8-10)23(3,20)21/h7,10H,4-6,8H2,1-3H3,(H,15,19). The van der Waals surface area contributed by atoms with Gasteiger partial charge in [-0.3, -0.25) is 9.48 Å². The quantitative estimate of drug-likeness (QED) is 0.892. The molecule has 9 heteroatoms. The van der Waals surface area contributed by atoms with Crippen molar-refractivity contribution in [3.63, 3.8) is 0 Å². The molecule has 7 nitrogen and oxygen atoms in total. The van der Waals surface area contributed by atoms with Gasteiger partial charge in [-0.2, -0.15) is 5.10 Å². The van der Waals surface area contributed by atoms with Gasteiger partial charge in [0.2, 0.25) is 10.0 Å². The second-order valence-electron chi connectivity index (χ2n) is 5.97. The molecule has 2 aromatic rings. The molecule has 0 bridgehead atoms. The van der Waals surface area contributed by atoms with Gasteiger partial charge in [0.25, 0.3) is 5.91 Å². The van der Waals surface area contributed by atoms with Gasteiger partial charge in [-0.1, -0.05) is 0 Å². The number of fused-ring (bicyclic) bond motifs is 1. The van der Waals surface area contributed by atoms with Gasteiger partial charge in [-0.25, -0.2) is 12.7 Å². The number of amides is 1. The van der Waals surface area contributed by atoms with Crippen molar-refractivity contribution in [2.45, 2.75) is 25.8 Å². The third-order valence-electron chi connectivity index (χ3n) is 4.11. The maximum Gasteiger partial charge on any atom is 0.261 e. The number of hydrogen-bond acceptors (Lipinski definition) is 5. The van der Waals surface area contributed by atoms with Gasteiger partial charge in [-0.05, 0) is 25.8 Å². The first-order chi connectivity index (χ1) is 10.8. The molecule has 1 atom stereocenters. The van der Waals surface area contributed by atoms with E-state index in [1.54, 1.807) is 4.68 Å². The normalized spacial score (nSPS) is 20.0. The van der Waals surface area contributed by atoms with Crippen LogP contribution < -0.4 is 5.32 Å². The van der Waals surface area contributed by atoms with Crippen LogP contribution in [0.15, 0.2) is 6.07 Å². The number of aryl methyl sites for hydroxylation is 2. The Balaban J connectivity index is 1.74. The molecule has 3 heterocycles. The highest BCUT2D eigenvalue weighted by Gasteiger charge is 2.27. The van der Waals surface area contributed by atoms with Gasteiger partial charge in [0.05, 0.1) is 16.8 Å². The fourth-order valence-electron chi connectivity index (χ4n) is 2.94. The maximum absolute atomic E-state index is 12.5. The van der Waals surface area contributed by atoms with Gasteiger partial charge >= 0.3 is 0 Å². The molecule has 1 saturated heterocycles. The van der Waals surface area contributed by atoms with Crippen LogP contribution in [0.25, 0.3) is 10.2 Å². The lowest BCUT2D eigenvalue weighted by Gasteiger charge is -2.31. The highest BCUT2D eigenvalue weighted by atomic mass is 32.2. The molecule has 1 fully saturated rings. The summed E-state index contributed by atoms with van der Waals surface area (Å²) in [4.78, 5) is 14.1. The average Bonchev–Trinajstić information content (AvgIpc) is 3.01. The molecule has 23 heavy (non-hydrogen) atoms. The highest BCUT2D eigenvalue weighted by molar-refractivity contribution is 7.88. The fourth-order valence-corrected chi connectivity index (χ4v) is 4.87. The number of hydrogen-bond donors (Lipinski definition) is 1. The monoisotopic (exact) mass is 356 g/mol. The van der Waals surface area contributed by atoms with Crippen LogP contribution >= 0.6 is 11.3 Å². The molecular weight excluding hydrogens is 336 g/mol. The van der Waals surface area contributed by atoms with Crippen LogP contribution in [0.4, 0.5) is 0 Å². The summed E-state index contributed by atoms with van der Waals surface area (Å²) in [5.41, 5.74) is 0.902. The first-order valence-electron chi connectivity index (χ1n) is 7.45. The molecule has 126 valence electrons. The van der Waals surface area contributed by atoms with E-state index < -0.39 is 10.0 Å². The van der Waals surface area contributed by atoms with E-state index in [1.165, 1.54) is 21.9 Å². The van der Waals surface area contributed by atoms with Crippen LogP contribution in [0.2, 0.25) is 0 Å². The average molecular weight is 356 g/mol. The Morgan fingerprint density at radius 2 is 2.22 bits per heavy atom. The minimum atomic E-state index is -3.21. The fraction of sp³-hybridized carbons (Fsp3) is 0.571. The van der Waals surface area contributed by atoms with Crippen molar-refractivity contribution in [3.8, 4) is 0 Å². The molecule has 2 aromatic heterocycles. The molecule has 0 radical (unpaired) electrons. The zero-order chi connectivity index (χ0) is 16.8. The van der Waals surface area contributed by atoms with E-state index in [2.05, 4.69) is 10.4 Å². The van der Waals surface area contributed by atoms with Crippen molar-refractivity contribution in [1.82, 2.24) is 19.4 Å². The van der Waals surface area contributed by atoms with Crippen LogP contribution in [-0.4, -0.2) is 53.8 Å². The number of sulfonamides is 1. The topological polar surface area (TPSA) is 84.3 Å². The van der Waals surface area contributed by atoms with E-state index >= 15 is 0 Å². The first-order valence-corrected chi connectivity index (χ1v) is 10.1. The van der Waals surface area contributed by atoms with Crippen LogP contribution in [0.3, 0.4) is 0 Å². The molecule has 1 aliphatic heterocycles. The maximum atomic E-state index is 12.5. The summed E-state index contributed by atoms with van der Waals surface area (Å²) in [5, 5.41) is 8.28. The third kappa shape index (κ3) is 3.26. The predicted molar refractivity (Wildman–Crippen MR) is 90.2 cm³/mol. The van der Waals surface area contributed by atoms with Gasteiger partial charge in [-0.15, -0.1) is 11.3 Å². The molecule has 3 rings (SSSR count). The Labute approximate surface area is 139 Å². The zero-order valence-electron chi connectivity index (χ0n) is 13.4. The number of carbonyl (C=O) groups is 1. The molecule has 1 aliphatic rings. The van der Waals surface area contributed by atoms with Crippen molar-refractivity contribution in [2.24, 2.45) is 7.05 Å². The lowest BCUT2D eigenvalue weighted by molar-refractivity contribution is 0.0925. The number of carbonyl (C=O) groups excluding carboxylic acids is 1. The Hall–Kier alpha value is -1.45. The second kappa shape index (κ2) is 5.88. The molecule has 0 aromatic carbocycles. The lowest BCUT2D eigenvalue weighted by atomic mass is 10.1. The van der Waals surface area contributed by atoms with E-state index in [0.717, 1.165) is 28.8 Å². The summed E-state index contributed by atoms with van der Waals surface area (Å²) in [6.07, 6.45) is 2.76. The summed E-state index contributed by atoms with van der Waals surface area (Å²) in [7, 11) is -1.35. The summed E-state index contributed by atoms with van der Waals surface area (Å²) in [6.45, 7) is 2.79. The number of thiophene rings is 1.